The van der Waals surface area contributed by atoms with E-state index >= 15 is 0 Å². The quantitative estimate of drug-likeness (QED) is 0.918. The zero-order valence-electron chi connectivity index (χ0n) is 13.7. The third kappa shape index (κ3) is 3.05. The summed E-state index contributed by atoms with van der Waals surface area (Å²) < 4.78 is 2.34. The number of benzene rings is 1. The molecule has 1 aliphatic rings. The highest BCUT2D eigenvalue weighted by molar-refractivity contribution is 5.83. The van der Waals surface area contributed by atoms with Crippen LogP contribution in [0.4, 0.5) is 0 Å². The summed E-state index contributed by atoms with van der Waals surface area (Å²) >= 11 is 0. The van der Waals surface area contributed by atoms with Crippen molar-refractivity contribution < 1.29 is 5.11 Å². The summed E-state index contributed by atoms with van der Waals surface area (Å²) in [5.41, 5.74) is 2.76. The molecule has 0 radical (unpaired) electrons. The van der Waals surface area contributed by atoms with Crippen molar-refractivity contribution in [1.82, 2.24) is 14.4 Å². The van der Waals surface area contributed by atoms with Crippen molar-refractivity contribution in [2.45, 2.75) is 32.5 Å². The number of aromatic nitrogens is 1. The van der Waals surface area contributed by atoms with Gasteiger partial charge in [0.25, 0.3) is 0 Å². The topological polar surface area (TPSA) is 31.6 Å². The molecule has 1 N–H and O–H groups in total. The molecule has 120 valence electrons. The summed E-state index contributed by atoms with van der Waals surface area (Å²) in [4.78, 5) is 4.91. The number of fused-ring (bicyclic) bond motifs is 1. The van der Waals surface area contributed by atoms with Crippen LogP contribution in [0.3, 0.4) is 0 Å². The second kappa shape index (κ2) is 6.82. The molecule has 0 spiro atoms. The number of hydrogen-bond acceptors (Lipinski definition) is 3. The van der Waals surface area contributed by atoms with Gasteiger partial charge in [0.15, 0.2) is 0 Å². The summed E-state index contributed by atoms with van der Waals surface area (Å²) in [6, 6.07) is 9.16. The van der Waals surface area contributed by atoms with Crippen molar-refractivity contribution in [2.75, 3.05) is 33.3 Å². The van der Waals surface area contributed by atoms with Crippen LogP contribution in [0.2, 0.25) is 0 Å². The van der Waals surface area contributed by atoms with Gasteiger partial charge in [0, 0.05) is 62.5 Å². The molecule has 0 amide bonds. The summed E-state index contributed by atoms with van der Waals surface area (Å²) in [5, 5.41) is 10.6. The average Bonchev–Trinajstić information content (AvgIpc) is 2.89. The van der Waals surface area contributed by atoms with E-state index in [-0.39, 0.29) is 6.61 Å². The second-order valence-electron chi connectivity index (χ2n) is 6.34. The van der Waals surface area contributed by atoms with Crippen molar-refractivity contribution in [1.29, 1.82) is 0 Å². The first-order valence-electron chi connectivity index (χ1n) is 8.33. The Hall–Kier alpha value is -1.36. The molecule has 1 atom stereocenters. The molecular formula is C18H27N3O. The first-order valence-corrected chi connectivity index (χ1v) is 8.33. The maximum atomic E-state index is 9.24. The average molecular weight is 301 g/mol. The van der Waals surface area contributed by atoms with E-state index in [4.69, 9.17) is 0 Å². The van der Waals surface area contributed by atoms with Crippen molar-refractivity contribution in [3.63, 3.8) is 0 Å². The third-order valence-electron chi connectivity index (χ3n) is 4.93. The Kier molecular flexibility index (Phi) is 4.81. The van der Waals surface area contributed by atoms with E-state index < -0.39 is 0 Å². The van der Waals surface area contributed by atoms with Gasteiger partial charge in [0.2, 0.25) is 0 Å². The Morgan fingerprint density at radius 1 is 1.23 bits per heavy atom. The molecule has 0 unspecified atom stereocenters. The van der Waals surface area contributed by atoms with Gasteiger partial charge < -0.3 is 14.6 Å². The number of aryl methyl sites for hydroxylation is 1. The van der Waals surface area contributed by atoms with E-state index in [0.29, 0.717) is 6.04 Å². The molecule has 1 aromatic carbocycles. The largest absolute Gasteiger partial charge is 0.396 e. The van der Waals surface area contributed by atoms with Crippen molar-refractivity contribution in [3.05, 3.63) is 36.0 Å². The van der Waals surface area contributed by atoms with Gasteiger partial charge in [-0.25, -0.2) is 0 Å². The second-order valence-corrected chi connectivity index (χ2v) is 6.34. The number of para-hydroxylation sites is 1. The standard InChI is InChI=1S/C18H27N3O/c1-3-21-13-15(17-6-4-5-7-18(17)21)12-20-10-9-19(2)16(14-20)8-11-22/h4-7,13,16,22H,3,8-12,14H2,1-2H3/t16-/m0/s1. The number of aliphatic hydroxyl groups excluding tert-OH is 1. The van der Waals surface area contributed by atoms with E-state index in [9.17, 15) is 5.11 Å². The lowest BCUT2D eigenvalue weighted by molar-refractivity contribution is 0.0745. The molecule has 4 nitrogen and oxygen atoms in total. The lowest BCUT2D eigenvalue weighted by Gasteiger charge is -2.39. The van der Waals surface area contributed by atoms with Crippen LogP contribution < -0.4 is 0 Å². The molecule has 0 aliphatic carbocycles. The van der Waals surface area contributed by atoms with Crippen LogP contribution in [-0.2, 0) is 13.1 Å². The highest BCUT2D eigenvalue weighted by atomic mass is 16.3. The van der Waals surface area contributed by atoms with Gasteiger partial charge >= 0.3 is 0 Å². The van der Waals surface area contributed by atoms with E-state index in [1.807, 2.05) is 0 Å². The van der Waals surface area contributed by atoms with E-state index in [1.165, 1.54) is 16.5 Å². The number of rotatable bonds is 5. The van der Waals surface area contributed by atoms with Crippen molar-refractivity contribution in [2.24, 2.45) is 0 Å². The van der Waals surface area contributed by atoms with Crippen LogP contribution >= 0.6 is 0 Å². The van der Waals surface area contributed by atoms with E-state index in [0.717, 1.165) is 39.1 Å². The van der Waals surface area contributed by atoms with Crippen LogP contribution in [0, 0.1) is 0 Å². The van der Waals surface area contributed by atoms with Crippen molar-refractivity contribution in [3.8, 4) is 0 Å². The SMILES string of the molecule is CCn1cc(CN2CCN(C)[C@@H](CCO)C2)c2ccccc21. The van der Waals surface area contributed by atoms with Gasteiger partial charge in [0.05, 0.1) is 0 Å². The van der Waals surface area contributed by atoms with Gasteiger partial charge in [-0.05, 0) is 32.0 Å². The molecule has 1 saturated heterocycles. The molecule has 3 rings (SSSR count). The van der Waals surface area contributed by atoms with E-state index in [2.05, 4.69) is 58.8 Å². The molecule has 1 aliphatic heterocycles. The highest BCUT2D eigenvalue weighted by Gasteiger charge is 2.24. The fourth-order valence-corrected chi connectivity index (χ4v) is 3.57. The monoisotopic (exact) mass is 301 g/mol. The van der Waals surface area contributed by atoms with Crippen LogP contribution in [0.15, 0.2) is 30.5 Å². The summed E-state index contributed by atoms with van der Waals surface area (Å²) in [6.45, 7) is 7.71. The molecule has 0 bridgehead atoms. The molecule has 2 heterocycles. The number of hydrogen-bond donors (Lipinski definition) is 1. The Morgan fingerprint density at radius 2 is 2.05 bits per heavy atom. The van der Waals surface area contributed by atoms with Crippen LogP contribution in [0.25, 0.3) is 10.9 Å². The van der Waals surface area contributed by atoms with Gasteiger partial charge in [0.1, 0.15) is 0 Å². The zero-order valence-corrected chi connectivity index (χ0v) is 13.7. The minimum absolute atomic E-state index is 0.276. The maximum absolute atomic E-state index is 9.24. The van der Waals surface area contributed by atoms with Crippen LogP contribution in [-0.4, -0.2) is 58.8 Å². The third-order valence-corrected chi connectivity index (χ3v) is 4.93. The first kappa shape index (κ1) is 15.5. The Labute approximate surface area is 132 Å². The van der Waals surface area contributed by atoms with E-state index in [1.54, 1.807) is 0 Å². The molecule has 0 saturated carbocycles. The molecule has 22 heavy (non-hydrogen) atoms. The first-order chi connectivity index (χ1) is 10.7. The molecular weight excluding hydrogens is 274 g/mol. The smallest absolute Gasteiger partial charge is 0.0483 e. The Balaban J connectivity index is 1.78. The molecule has 2 aromatic rings. The Bertz CT molecular complexity index is 622. The minimum atomic E-state index is 0.276. The number of likely N-dealkylation sites (N-methyl/N-ethyl adjacent to an activating group) is 1. The molecule has 1 aromatic heterocycles. The predicted molar refractivity (Wildman–Crippen MR) is 91.0 cm³/mol. The van der Waals surface area contributed by atoms with Gasteiger partial charge in [-0.2, -0.15) is 0 Å². The summed E-state index contributed by atoms with van der Waals surface area (Å²) in [6.07, 6.45) is 3.17. The van der Waals surface area contributed by atoms with Crippen molar-refractivity contribution >= 4 is 10.9 Å². The van der Waals surface area contributed by atoms with Gasteiger partial charge in [-0.1, -0.05) is 18.2 Å². The van der Waals surface area contributed by atoms with Crippen LogP contribution in [0.1, 0.15) is 18.9 Å². The normalized spacial score (nSPS) is 20.8. The lowest BCUT2D eigenvalue weighted by atomic mass is 10.1. The summed E-state index contributed by atoms with van der Waals surface area (Å²) in [5.74, 6) is 0. The van der Waals surface area contributed by atoms with Crippen LogP contribution in [0.5, 0.6) is 0 Å². The predicted octanol–water partition coefficient (Wildman–Crippen LogP) is 2.16. The van der Waals surface area contributed by atoms with Gasteiger partial charge in [-0.3, -0.25) is 4.90 Å². The maximum Gasteiger partial charge on any atom is 0.0483 e. The number of piperazine rings is 1. The summed E-state index contributed by atoms with van der Waals surface area (Å²) in [7, 11) is 2.17. The zero-order chi connectivity index (χ0) is 15.5. The highest BCUT2D eigenvalue weighted by Crippen LogP contribution is 2.24. The molecule has 4 heteroatoms. The molecule has 1 fully saturated rings. The lowest BCUT2D eigenvalue weighted by Crippen LogP contribution is -2.51. The van der Waals surface area contributed by atoms with Gasteiger partial charge in [-0.15, -0.1) is 0 Å². The fourth-order valence-electron chi connectivity index (χ4n) is 3.57. The minimum Gasteiger partial charge on any atom is -0.396 e. The Morgan fingerprint density at radius 3 is 2.82 bits per heavy atom. The number of nitrogens with zero attached hydrogens (tertiary/aromatic N) is 3. The fraction of sp³-hybridized carbons (Fsp3) is 0.556. The number of aliphatic hydroxyl groups is 1.